The summed E-state index contributed by atoms with van der Waals surface area (Å²) in [5, 5.41) is 95.2. The summed E-state index contributed by atoms with van der Waals surface area (Å²) in [6.07, 6.45) is -5.71. The highest BCUT2D eigenvalue weighted by Crippen LogP contribution is 2.48. The molecule has 2 saturated heterocycles. The minimum absolute atomic E-state index is 0.0184. The number of ether oxygens (including phenoxy) is 6. The second-order valence-corrected chi connectivity index (χ2v) is 21.3. The van der Waals surface area contributed by atoms with Crippen molar-refractivity contribution in [3.8, 4) is 0 Å². The maximum absolute atomic E-state index is 13.6. The van der Waals surface area contributed by atoms with E-state index >= 15 is 0 Å². The largest absolute Gasteiger partial charge is 0.472 e. The Bertz CT molecular complexity index is 1540. The summed E-state index contributed by atoms with van der Waals surface area (Å²) in [6.45, 7) is 1.76. The Balaban J connectivity index is 1.64. The van der Waals surface area contributed by atoms with Crippen LogP contribution in [0.3, 0.4) is 0 Å². The van der Waals surface area contributed by atoms with E-state index in [1.165, 1.54) is 77.0 Å². The van der Waals surface area contributed by atoms with Crippen LogP contribution >= 0.6 is 7.82 Å². The lowest BCUT2D eigenvalue weighted by molar-refractivity contribution is -0.353. The minimum atomic E-state index is -5.43. The maximum atomic E-state index is 13.6. The van der Waals surface area contributed by atoms with Crippen LogP contribution in [0.2, 0.25) is 0 Å². The predicted octanol–water partition coefficient (Wildman–Crippen LogP) is 1.75. The number of hydrogen-bond donors (Lipinski definition) is 12. The third-order valence-corrected chi connectivity index (χ3v) is 14.8. The molecule has 3 rings (SSSR count). The zero-order valence-corrected chi connectivity index (χ0v) is 44.1. The average molecular weight is 1080 g/mol. The first-order valence-electron chi connectivity index (χ1n) is 27.0. The van der Waals surface area contributed by atoms with Crippen molar-refractivity contribution in [1.29, 1.82) is 0 Å². The highest BCUT2D eigenvalue weighted by atomic mass is 31.2. The van der Waals surface area contributed by atoms with Gasteiger partial charge in [-0.25, -0.2) is 4.57 Å². The van der Waals surface area contributed by atoms with Crippen LogP contribution in [0.25, 0.3) is 0 Å². The van der Waals surface area contributed by atoms with Gasteiger partial charge in [-0.05, 0) is 12.8 Å². The number of carbonyl (C=O) groups is 2. The normalized spacial score (nSPS) is 33.0. The van der Waals surface area contributed by atoms with E-state index in [2.05, 4.69) is 13.8 Å². The molecule has 0 aromatic heterocycles. The molecule has 3 aliphatic rings. The van der Waals surface area contributed by atoms with Crippen molar-refractivity contribution in [3.05, 3.63) is 0 Å². The topological polar surface area (TPSA) is 379 Å². The minimum Gasteiger partial charge on any atom is -0.462 e. The molecule has 0 aromatic carbocycles. The van der Waals surface area contributed by atoms with Crippen molar-refractivity contribution in [2.24, 2.45) is 11.5 Å². The molecule has 0 bridgehead atoms. The molecular formula is C49H93N2O21P. The number of esters is 2. The Hall–Kier alpha value is -1.55. The van der Waals surface area contributed by atoms with Gasteiger partial charge in [-0.15, -0.1) is 0 Å². The number of carbonyl (C=O) groups excluding carboxylic acids is 2. The molecular weight excluding hydrogens is 984 g/mol. The summed E-state index contributed by atoms with van der Waals surface area (Å²) in [7, 11) is -5.43. The summed E-state index contributed by atoms with van der Waals surface area (Å²) in [6, 6.07) is -1.65. The second kappa shape index (κ2) is 35.8. The van der Waals surface area contributed by atoms with Crippen molar-refractivity contribution >= 4 is 19.8 Å². The summed E-state index contributed by atoms with van der Waals surface area (Å²) >= 11 is 0. The van der Waals surface area contributed by atoms with E-state index in [0.29, 0.717) is 12.8 Å². The third-order valence-electron chi connectivity index (χ3n) is 13.8. The van der Waals surface area contributed by atoms with E-state index in [4.69, 9.17) is 48.9 Å². The molecule has 1 aliphatic carbocycles. The molecule has 23 nitrogen and oxygen atoms in total. The first-order chi connectivity index (χ1) is 34.9. The van der Waals surface area contributed by atoms with Gasteiger partial charge >= 0.3 is 19.8 Å². The van der Waals surface area contributed by atoms with Crippen LogP contribution in [0.5, 0.6) is 0 Å². The van der Waals surface area contributed by atoms with Crippen molar-refractivity contribution in [3.63, 3.8) is 0 Å². The lowest BCUT2D eigenvalue weighted by atomic mass is 9.84. The maximum Gasteiger partial charge on any atom is 0.472 e. The molecule has 24 heteroatoms. The fraction of sp³-hybridized carbons (Fsp3) is 0.959. The van der Waals surface area contributed by atoms with E-state index in [9.17, 15) is 65.0 Å². The first kappa shape index (κ1) is 65.7. The van der Waals surface area contributed by atoms with Crippen LogP contribution in [0.15, 0.2) is 0 Å². The number of rotatable bonds is 38. The van der Waals surface area contributed by atoms with Gasteiger partial charge < -0.3 is 90.7 Å². The monoisotopic (exact) mass is 1080 g/mol. The van der Waals surface area contributed by atoms with Gasteiger partial charge in [0, 0.05) is 19.4 Å². The number of hydrogen-bond acceptors (Lipinski definition) is 22. The van der Waals surface area contributed by atoms with Crippen LogP contribution in [0.1, 0.15) is 168 Å². The van der Waals surface area contributed by atoms with Crippen molar-refractivity contribution < 1.29 is 102 Å². The van der Waals surface area contributed by atoms with Crippen molar-refractivity contribution in [1.82, 2.24) is 0 Å². The lowest BCUT2D eigenvalue weighted by Crippen LogP contribution is -2.69. The Morgan fingerprint density at radius 3 is 1.47 bits per heavy atom. The van der Waals surface area contributed by atoms with Crippen molar-refractivity contribution in [2.45, 2.75) is 272 Å². The molecule has 2 heterocycles. The number of phosphoric acid groups is 1. The average Bonchev–Trinajstić information content (AvgIpc) is 3.37. The van der Waals surface area contributed by atoms with E-state index in [-0.39, 0.29) is 12.8 Å². The van der Waals surface area contributed by atoms with Gasteiger partial charge in [-0.2, -0.15) is 0 Å². The lowest BCUT2D eigenvalue weighted by Gasteiger charge is -2.49. The van der Waals surface area contributed by atoms with Gasteiger partial charge in [0.25, 0.3) is 0 Å². The molecule has 3 fully saturated rings. The molecule has 1 unspecified atom stereocenters. The predicted molar refractivity (Wildman–Crippen MR) is 263 cm³/mol. The van der Waals surface area contributed by atoms with Crippen LogP contribution in [0.4, 0.5) is 0 Å². The fourth-order valence-corrected chi connectivity index (χ4v) is 10.2. The molecule has 73 heavy (non-hydrogen) atoms. The molecule has 0 spiro atoms. The summed E-state index contributed by atoms with van der Waals surface area (Å²) in [5.41, 5.74) is 12.2. The number of aliphatic hydroxyl groups excluding tert-OH is 9. The van der Waals surface area contributed by atoms with Crippen LogP contribution in [0, 0.1) is 0 Å². The van der Waals surface area contributed by atoms with Gasteiger partial charge in [-0.3, -0.25) is 18.6 Å². The second-order valence-electron chi connectivity index (χ2n) is 19.9. The van der Waals surface area contributed by atoms with Crippen LogP contribution < -0.4 is 11.5 Å². The van der Waals surface area contributed by atoms with Crippen molar-refractivity contribution in [2.75, 3.05) is 26.4 Å². The molecule has 0 amide bonds. The number of nitrogens with two attached hydrogens (primary N) is 2. The van der Waals surface area contributed by atoms with Gasteiger partial charge in [0.05, 0.1) is 19.3 Å². The number of unbranched alkanes of at least 4 members (excludes halogenated alkanes) is 20. The van der Waals surface area contributed by atoms with E-state index in [0.717, 1.165) is 51.4 Å². The molecule has 0 radical (unpaired) electrons. The highest BCUT2D eigenvalue weighted by Gasteiger charge is 2.56. The first-order valence-corrected chi connectivity index (χ1v) is 28.5. The molecule has 430 valence electrons. The highest BCUT2D eigenvalue weighted by molar-refractivity contribution is 7.47. The van der Waals surface area contributed by atoms with Crippen LogP contribution in [-0.2, 0) is 51.6 Å². The zero-order chi connectivity index (χ0) is 53.9. The molecule has 1 saturated carbocycles. The SMILES string of the molecule is CCCCCCCCCCCCCC(=O)OC[C@H](COP(=O)(O)O[C@@H]1[C@H](O)[C@H](O)[C@@H](O)[C@H](O)[C@H]1O[C@H]1O[C@H](CN)[C@@H](O[C@H]2O[C@H](CO)[C@@H](O)[C@H](O)[C@@H]2O)[C@H](O)[C@H]1N)OC(=O)CCCCCCCCCCCCC. The Labute approximate surface area is 431 Å². The Morgan fingerprint density at radius 2 is 0.973 bits per heavy atom. The van der Waals surface area contributed by atoms with E-state index in [1.54, 1.807) is 0 Å². The summed E-state index contributed by atoms with van der Waals surface area (Å²) < 4.78 is 57.8. The molecule has 0 aromatic rings. The van der Waals surface area contributed by atoms with Gasteiger partial charge in [0.2, 0.25) is 0 Å². The quantitative estimate of drug-likeness (QED) is 0.0238. The van der Waals surface area contributed by atoms with Gasteiger partial charge in [0.15, 0.2) is 18.7 Å². The number of phosphoric ester groups is 1. The zero-order valence-electron chi connectivity index (χ0n) is 43.2. The standard InChI is InChI=1S/C49H93N2O21P/c1-3-5-7-9-11-13-15-17-19-21-23-25-34(53)65-29-31(67-35(54)26-24-22-20-18-16-14-12-10-8-6-4-2)30-66-73(63,64)72-47-43(61)41(59)40(58)42(60)46(47)71-48-36(51)38(56)45(32(27-50)68-48)70-49-44(62)39(57)37(55)33(28-52)69-49/h31-33,36-49,52,55-62H,3-30,50-51H2,1-2H3,(H,63,64)/t31-,32-,33-,36-,37-,38-,39+,40-,41-,42+,43-,44+,45-,46-,47-,48-,49-/m1/s1. The molecule has 2 aliphatic heterocycles. The Kier molecular flexibility index (Phi) is 32.2. The number of aliphatic hydroxyl groups is 9. The fourth-order valence-electron chi connectivity index (χ4n) is 9.22. The van der Waals surface area contributed by atoms with Gasteiger partial charge in [-0.1, -0.05) is 142 Å². The smallest absolute Gasteiger partial charge is 0.462 e. The third kappa shape index (κ3) is 22.8. The Morgan fingerprint density at radius 1 is 0.534 bits per heavy atom. The summed E-state index contributed by atoms with van der Waals surface area (Å²) in [4.78, 5) is 36.8. The van der Waals surface area contributed by atoms with Gasteiger partial charge in [0.1, 0.15) is 86.0 Å². The van der Waals surface area contributed by atoms with Crippen LogP contribution in [-0.4, -0.2) is 193 Å². The van der Waals surface area contributed by atoms with E-state index in [1.807, 2.05) is 0 Å². The molecule has 18 atom stereocenters. The summed E-state index contributed by atoms with van der Waals surface area (Å²) in [5.74, 6) is -1.24. The molecule has 14 N–H and O–H groups in total. The van der Waals surface area contributed by atoms with E-state index < -0.39 is 150 Å².